The number of hydrogen-bond acceptors (Lipinski definition) is 8. The summed E-state index contributed by atoms with van der Waals surface area (Å²) in [7, 11) is 0. The van der Waals surface area contributed by atoms with Gasteiger partial charge in [-0.3, -0.25) is 9.59 Å². The molecule has 0 unspecified atom stereocenters. The molecular weight excluding hydrogens is 388 g/mol. The van der Waals surface area contributed by atoms with Gasteiger partial charge in [-0.2, -0.15) is 9.61 Å². The van der Waals surface area contributed by atoms with Crippen LogP contribution < -0.4 is 10.9 Å². The van der Waals surface area contributed by atoms with Crippen LogP contribution in [0.1, 0.15) is 34.2 Å². The van der Waals surface area contributed by atoms with E-state index in [4.69, 9.17) is 4.74 Å². The summed E-state index contributed by atoms with van der Waals surface area (Å²) in [6, 6.07) is 4.07. The molecule has 0 saturated carbocycles. The smallest absolute Gasteiger partial charge is 0.329 e. The number of carbonyl (C=O) groups is 2. The lowest BCUT2D eigenvalue weighted by Crippen LogP contribution is -2.45. The molecular formula is C17H18N4O4S2. The van der Waals surface area contributed by atoms with Crippen molar-refractivity contribution in [2.45, 2.75) is 33.4 Å². The maximum atomic E-state index is 12.5. The van der Waals surface area contributed by atoms with Gasteiger partial charge in [0.1, 0.15) is 12.6 Å². The van der Waals surface area contributed by atoms with E-state index in [-0.39, 0.29) is 24.0 Å². The van der Waals surface area contributed by atoms with Crippen molar-refractivity contribution in [2.75, 3.05) is 0 Å². The number of fused-ring (bicyclic) bond motifs is 1. The van der Waals surface area contributed by atoms with Crippen molar-refractivity contribution in [1.82, 2.24) is 19.9 Å². The molecule has 3 heterocycles. The number of rotatable bonds is 6. The largest absolute Gasteiger partial charge is 0.457 e. The van der Waals surface area contributed by atoms with Crippen LogP contribution in [0.2, 0.25) is 0 Å². The molecule has 10 heteroatoms. The molecule has 0 aliphatic carbocycles. The van der Waals surface area contributed by atoms with Gasteiger partial charge in [0.15, 0.2) is 5.01 Å². The van der Waals surface area contributed by atoms with Crippen LogP contribution in [0.3, 0.4) is 0 Å². The van der Waals surface area contributed by atoms with Crippen LogP contribution >= 0.6 is 22.7 Å². The minimum atomic E-state index is -0.780. The molecule has 3 aromatic rings. The number of ether oxygens (including phenoxy) is 1. The lowest BCUT2D eigenvalue weighted by Gasteiger charge is -2.20. The number of thiophene rings is 1. The first kappa shape index (κ1) is 19.2. The van der Waals surface area contributed by atoms with E-state index in [9.17, 15) is 14.4 Å². The Morgan fingerprint density at radius 1 is 1.37 bits per heavy atom. The molecule has 3 rings (SSSR count). The number of aromatic nitrogens is 3. The second-order valence-corrected chi connectivity index (χ2v) is 8.19. The average Bonchev–Trinajstić information content (AvgIpc) is 3.26. The fourth-order valence-electron chi connectivity index (χ4n) is 2.36. The summed E-state index contributed by atoms with van der Waals surface area (Å²) in [5.74, 6) is -1.01. The monoisotopic (exact) mass is 406 g/mol. The van der Waals surface area contributed by atoms with Crippen LogP contribution in [0.25, 0.3) is 4.96 Å². The Kier molecular flexibility index (Phi) is 5.66. The highest BCUT2D eigenvalue weighted by atomic mass is 32.1. The number of esters is 1. The van der Waals surface area contributed by atoms with Gasteiger partial charge in [-0.25, -0.2) is 9.78 Å². The maximum absolute atomic E-state index is 12.5. The lowest BCUT2D eigenvalue weighted by molar-refractivity contribution is -0.148. The van der Waals surface area contributed by atoms with Crippen LogP contribution in [0.5, 0.6) is 0 Å². The van der Waals surface area contributed by atoms with E-state index in [0.717, 1.165) is 0 Å². The third-order valence-corrected chi connectivity index (χ3v) is 5.46. The van der Waals surface area contributed by atoms with Crippen LogP contribution in [0.15, 0.2) is 28.4 Å². The fourth-order valence-corrected chi connectivity index (χ4v) is 3.84. The normalized spacial score (nSPS) is 12.3. The molecule has 0 spiro atoms. The van der Waals surface area contributed by atoms with Crippen LogP contribution in [-0.4, -0.2) is 32.5 Å². The van der Waals surface area contributed by atoms with Crippen LogP contribution in [-0.2, 0) is 16.1 Å². The summed E-state index contributed by atoms with van der Waals surface area (Å²) in [4.78, 5) is 41.8. The van der Waals surface area contributed by atoms with Crippen LogP contribution in [0.4, 0.5) is 0 Å². The molecule has 0 radical (unpaired) electrons. The third-order valence-electron chi connectivity index (χ3n) is 3.71. The third kappa shape index (κ3) is 4.40. The number of carbonyl (C=O) groups excluding carboxylic acids is 2. The van der Waals surface area contributed by atoms with Crippen LogP contribution in [0, 0.1) is 12.8 Å². The van der Waals surface area contributed by atoms with Crippen molar-refractivity contribution in [2.24, 2.45) is 5.92 Å². The zero-order chi connectivity index (χ0) is 19.6. The summed E-state index contributed by atoms with van der Waals surface area (Å²) in [5, 5.41) is 9.08. The Labute approximate surface area is 162 Å². The number of nitrogens with zero attached hydrogens (tertiary/aromatic N) is 3. The van der Waals surface area contributed by atoms with E-state index >= 15 is 0 Å². The zero-order valence-electron chi connectivity index (χ0n) is 15.0. The van der Waals surface area contributed by atoms with Gasteiger partial charge in [0.2, 0.25) is 4.96 Å². The molecule has 0 aliphatic rings. The molecule has 1 atom stereocenters. The first-order valence-corrected chi connectivity index (χ1v) is 9.92. The standard InChI is InChI=1S/C17H18N4O4S2/c1-9(2)14(19-15(23)11-5-4-6-26-11)16(24)25-8-12-20-21-13(22)7-10(3)18-17(21)27-12/h4-7,9,14H,8H2,1-3H3,(H,19,23)/t14-/m0/s1. The Balaban J connectivity index is 1.68. The molecule has 1 N–H and O–H groups in total. The zero-order valence-corrected chi connectivity index (χ0v) is 16.6. The van der Waals surface area contributed by atoms with Gasteiger partial charge in [0.25, 0.3) is 11.5 Å². The highest BCUT2D eigenvalue weighted by molar-refractivity contribution is 7.16. The minimum absolute atomic E-state index is 0.0938. The first-order valence-electron chi connectivity index (χ1n) is 8.22. The Morgan fingerprint density at radius 2 is 2.15 bits per heavy atom. The first-order chi connectivity index (χ1) is 12.8. The van der Waals surface area contributed by atoms with Crippen molar-refractivity contribution >= 4 is 39.5 Å². The van der Waals surface area contributed by atoms with Crippen molar-refractivity contribution in [1.29, 1.82) is 0 Å². The number of aryl methyl sites for hydroxylation is 1. The number of amides is 1. The molecule has 142 valence electrons. The van der Waals surface area contributed by atoms with Crippen molar-refractivity contribution in [3.63, 3.8) is 0 Å². The molecule has 8 nitrogen and oxygen atoms in total. The molecule has 0 bridgehead atoms. The average molecular weight is 406 g/mol. The Bertz CT molecular complexity index is 1020. The van der Waals surface area contributed by atoms with E-state index in [1.807, 2.05) is 13.8 Å². The topological polar surface area (TPSA) is 103 Å². The van der Waals surface area contributed by atoms with Gasteiger partial charge < -0.3 is 10.1 Å². The number of nitrogens with one attached hydrogen (secondary N) is 1. The molecule has 0 aliphatic heterocycles. The molecule has 3 aromatic heterocycles. The van der Waals surface area contributed by atoms with Gasteiger partial charge in [-0.1, -0.05) is 31.3 Å². The molecule has 27 heavy (non-hydrogen) atoms. The van der Waals surface area contributed by atoms with Crippen molar-refractivity contribution in [3.05, 3.63) is 49.5 Å². The predicted octanol–water partition coefficient (Wildman–Crippen LogP) is 2.02. The summed E-state index contributed by atoms with van der Waals surface area (Å²) >= 11 is 2.48. The van der Waals surface area contributed by atoms with Gasteiger partial charge >= 0.3 is 5.97 Å². The SMILES string of the molecule is Cc1cc(=O)n2nc(COC(=O)[C@@H](NC(=O)c3cccs3)C(C)C)sc2n1. The number of hydrogen-bond donors (Lipinski definition) is 1. The Morgan fingerprint density at radius 3 is 2.81 bits per heavy atom. The summed E-state index contributed by atoms with van der Waals surface area (Å²) < 4.78 is 6.50. The quantitative estimate of drug-likeness (QED) is 0.628. The second kappa shape index (κ2) is 7.97. The lowest BCUT2D eigenvalue weighted by atomic mass is 10.0. The van der Waals surface area contributed by atoms with E-state index in [1.54, 1.807) is 24.4 Å². The summed E-state index contributed by atoms with van der Waals surface area (Å²) in [6.45, 7) is 5.28. The van der Waals surface area contributed by atoms with Gasteiger partial charge in [-0.15, -0.1) is 11.3 Å². The molecule has 0 fully saturated rings. The highest BCUT2D eigenvalue weighted by Crippen LogP contribution is 2.15. The molecule has 0 aromatic carbocycles. The minimum Gasteiger partial charge on any atom is -0.457 e. The second-order valence-electron chi connectivity index (χ2n) is 6.21. The predicted molar refractivity (Wildman–Crippen MR) is 102 cm³/mol. The fraction of sp³-hybridized carbons (Fsp3) is 0.353. The summed E-state index contributed by atoms with van der Waals surface area (Å²) in [5.41, 5.74) is 0.318. The molecule has 0 saturated heterocycles. The van der Waals surface area contributed by atoms with Crippen molar-refractivity contribution in [3.8, 4) is 0 Å². The van der Waals surface area contributed by atoms with E-state index in [2.05, 4.69) is 15.4 Å². The van der Waals surface area contributed by atoms with Gasteiger partial charge in [0, 0.05) is 11.8 Å². The van der Waals surface area contributed by atoms with Gasteiger partial charge in [-0.05, 0) is 24.3 Å². The highest BCUT2D eigenvalue weighted by Gasteiger charge is 2.27. The maximum Gasteiger partial charge on any atom is 0.329 e. The van der Waals surface area contributed by atoms with E-state index in [1.165, 1.54) is 33.3 Å². The van der Waals surface area contributed by atoms with Crippen molar-refractivity contribution < 1.29 is 14.3 Å². The molecule has 1 amide bonds. The Hall–Kier alpha value is -2.59. The summed E-state index contributed by atoms with van der Waals surface area (Å²) in [6.07, 6.45) is 0. The van der Waals surface area contributed by atoms with E-state index in [0.29, 0.717) is 20.5 Å². The van der Waals surface area contributed by atoms with Gasteiger partial charge in [0.05, 0.1) is 4.88 Å². The van der Waals surface area contributed by atoms with E-state index < -0.39 is 12.0 Å².